The summed E-state index contributed by atoms with van der Waals surface area (Å²) < 4.78 is 1.02. The van der Waals surface area contributed by atoms with Crippen LogP contribution in [0.25, 0.3) is 10.2 Å². The fourth-order valence-corrected chi connectivity index (χ4v) is 4.67. The van der Waals surface area contributed by atoms with Gasteiger partial charge < -0.3 is 4.90 Å². The topological polar surface area (TPSA) is 119 Å². The van der Waals surface area contributed by atoms with E-state index in [4.69, 9.17) is 0 Å². The lowest BCUT2D eigenvalue weighted by Crippen LogP contribution is -2.38. The lowest BCUT2D eigenvalue weighted by molar-refractivity contribution is -0.394. The van der Waals surface area contributed by atoms with E-state index in [0.717, 1.165) is 52.7 Å². The molecule has 1 amide bonds. The number of nitro groups is 2. The maximum atomic E-state index is 13.2. The number of hydrogen-bond acceptors (Lipinski definition) is 7. The van der Waals surface area contributed by atoms with Crippen LogP contribution in [0.15, 0.2) is 42.5 Å². The summed E-state index contributed by atoms with van der Waals surface area (Å²) in [5.41, 5.74) is -0.150. The third-order valence-electron chi connectivity index (χ3n) is 4.93. The van der Waals surface area contributed by atoms with Gasteiger partial charge in [0.05, 0.1) is 37.7 Å². The van der Waals surface area contributed by atoms with Gasteiger partial charge in [0.15, 0.2) is 0 Å². The fourth-order valence-electron chi connectivity index (χ4n) is 3.56. The largest absolute Gasteiger partial charge is 0.329 e. The van der Waals surface area contributed by atoms with E-state index in [9.17, 15) is 25.0 Å². The van der Waals surface area contributed by atoms with Crippen LogP contribution in [0.2, 0.25) is 0 Å². The van der Waals surface area contributed by atoms with Crippen LogP contribution in [0.5, 0.6) is 0 Å². The minimum Gasteiger partial charge on any atom is -0.329 e. The highest BCUT2D eigenvalue weighted by atomic mass is 32.1. The quantitative estimate of drug-likeness (QED) is 0.460. The van der Waals surface area contributed by atoms with Crippen molar-refractivity contribution in [1.82, 2.24) is 9.88 Å². The lowest BCUT2D eigenvalue weighted by Gasteiger charge is -2.34. The smallest absolute Gasteiger partial charge is 0.277 e. The zero-order valence-electron chi connectivity index (χ0n) is 15.2. The zero-order valence-corrected chi connectivity index (χ0v) is 16.0. The highest BCUT2D eigenvalue weighted by molar-refractivity contribution is 7.18. The molecule has 1 aromatic heterocycles. The standard InChI is InChI=1S/C19H16N4O5S/c24-19(12-9-13(22(25)26)11-14(10-12)23(27)28)21-8-4-3-6-16(21)18-20-15-5-1-2-7-17(15)29-18/h1-2,5,7,9-11,16H,3-4,6,8H2. The molecule has 1 aliphatic rings. The molecule has 0 aliphatic carbocycles. The van der Waals surface area contributed by atoms with Crippen molar-refractivity contribution >= 4 is 38.8 Å². The normalized spacial score (nSPS) is 16.7. The Balaban J connectivity index is 1.72. The van der Waals surface area contributed by atoms with Crippen LogP contribution in [0.4, 0.5) is 11.4 Å². The van der Waals surface area contributed by atoms with Gasteiger partial charge in [0, 0.05) is 18.7 Å². The molecule has 148 valence electrons. The number of nitrogens with zero attached hydrogens (tertiary/aromatic N) is 4. The zero-order chi connectivity index (χ0) is 20.5. The summed E-state index contributed by atoms with van der Waals surface area (Å²) >= 11 is 1.51. The van der Waals surface area contributed by atoms with Crippen molar-refractivity contribution in [2.24, 2.45) is 0 Å². The Hall–Kier alpha value is -3.40. The van der Waals surface area contributed by atoms with E-state index in [0.29, 0.717) is 6.54 Å². The van der Waals surface area contributed by atoms with Gasteiger partial charge in [0.1, 0.15) is 5.01 Å². The summed E-state index contributed by atoms with van der Waals surface area (Å²) in [7, 11) is 0. The van der Waals surface area contributed by atoms with Crippen LogP contribution in [0.1, 0.15) is 40.7 Å². The number of nitro benzene ring substituents is 2. The maximum Gasteiger partial charge on any atom is 0.277 e. The average Bonchev–Trinajstić information content (AvgIpc) is 3.17. The van der Waals surface area contributed by atoms with Crippen LogP contribution in [0, 0.1) is 20.2 Å². The predicted octanol–water partition coefficient (Wildman–Crippen LogP) is 4.48. The number of non-ortho nitro benzene ring substituents is 2. The molecule has 29 heavy (non-hydrogen) atoms. The number of carbonyl (C=O) groups is 1. The predicted molar refractivity (Wildman–Crippen MR) is 107 cm³/mol. The van der Waals surface area contributed by atoms with E-state index in [-0.39, 0.29) is 11.6 Å². The first kappa shape index (κ1) is 18.9. The van der Waals surface area contributed by atoms with E-state index in [1.807, 2.05) is 24.3 Å². The van der Waals surface area contributed by atoms with Crippen LogP contribution in [0.3, 0.4) is 0 Å². The van der Waals surface area contributed by atoms with E-state index in [2.05, 4.69) is 4.98 Å². The maximum absolute atomic E-state index is 13.2. The second-order valence-corrected chi connectivity index (χ2v) is 7.84. The van der Waals surface area contributed by atoms with Gasteiger partial charge in [0.25, 0.3) is 17.3 Å². The highest BCUT2D eigenvalue weighted by Gasteiger charge is 2.32. The second kappa shape index (κ2) is 7.55. The number of aromatic nitrogens is 1. The summed E-state index contributed by atoms with van der Waals surface area (Å²) in [6.07, 6.45) is 2.45. The SMILES string of the molecule is O=C(c1cc([N+](=O)[O-])cc([N+](=O)[O-])c1)N1CCCCC1c1nc2ccccc2s1. The summed E-state index contributed by atoms with van der Waals surface area (Å²) in [4.78, 5) is 40.4. The number of carbonyl (C=O) groups excluding carboxylic acids is 1. The molecule has 1 fully saturated rings. The van der Waals surface area contributed by atoms with Crippen LogP contribution in [-0.2, 0) is 0 Å². The number of hydrogen-bond donors (Lipinski definition) is 0. The van der Waals surface area contributed by atoms with E-state index in [1.165, 1.54) is 11.3 Å². The Morgan fingerprint density at radius 1 is 1.07 bits per heavy atom. The van der Waals surface area contributed by atoms with Crippen molar-refractivity contribution < 1.29 is 14.6 Å². The van der Waals surface area contributed by atoms with Gasteiger partial charge in [-0.2, -0.15) is 0 Å². The molecule has 10 heteroatoms. The summed E-state index contributed by atoms with van der Waals surface area (Å²) in [6.45, 7) is 0.468. The summed E-state index contributed by atoms with van der Waals surface area (Å²) in [5.74, 6) is -0.458. The minimum absolute atomic E-state index is 0.0566. The third-order valence-corrected chi connectivity index (χ3v) is 6.07. The number of likely N-dealkylation sites (tertiary alicyclic amines) is 1. The van der Waals surface area contributed by atoms with E-state index in [1.54, 1.807) is 4.90 Å². The van der Waals surface area contributed by atoms with Gasteiger partial charge in [-0.15, -0.1) is 11.3 Å². The number of para-hydroxylation sites is 1. The number of thiazole rings is 1. The van der Waals surface area contributed by atoms with Crippen molar-refractivity contribution in [2.45, 2.75) is 25.3 Å². The van der Waals surface area contributed by atoms with Gasteiger partial charge in [-0.25, -0.2) is 4.98 Å². The first-order chi connectivity index (χ1) is 13.9. The van der Waals surface area contributed by atoms with Crippen molar-refractivity contribution in [2.75, 3.05) is 6.54 Å². The summed E-state index contributed by atoms with van der Waals surface area (Å²) in [6, 6.07) is 10.5. The molecule has 1 unspecified atom stereocenters. The van der Waals surface area contributed by atoms with Crippen molar-refractivity contribution in [3.63, 3.8) is 0 Å². The molecular weight excluding hydrogens is 396 g/mol. The first-order valence-corrected chi connectivity index (χ1v) is 9.86. The molecule has 9 nitrogen and oxygen atoms in total. The summed E-state index contributed by atoms with van der Waals surface area (Å²) in [5, 5.41) is 23.1. The fraction of sp³-hybridized carbons (Fsp3) is 0.263. The monoisotopic (exact) mass is 412 g/mol. The average molecular weight is 412 g/mol. The minimum atomic E-state index is -0.731. The highest BCUT2D eigenvalue weighted by Crippen LogP contribution is 2.37. The van der Waals surface area contributed by atoms with Crippen LogP contribution < -0.4 is 0 Å². The molecule has 3 aromatic rings. The molecule has 2 heterocycles. The second-order valence-electron chi connectivity index (χ2n) is 6.78. The van der Waals surface area contributed by atoms with Crippen LogP contribution in [-0.4, -0.2) is 32.2 Å². The Kier molecular flexibility index (Phi) is 4.93. The number of amides is 1. The third kappa shape index (κ3) is 3.66. The van der Waals surface area contributed by atoms with Gasteiger partial charge >= 0.3 is 0 Å². The van der Waals surface area contributed by atoms with Crippen molar-refractivity contribution in [1.29, 1.82) is 0 Å². The number of rotatable bonds is 4. The molecule has 1 saturated heterocycles. The number of piperidine rings is 1. The van der Waals surface area contributed by atoms with Crippen molar-refractivity contribution in [3.8, 4) is 0 Å². The molecule has 4 rings (SSSR count). The van der Waals surface area contributed by atoms with Crippen LogP contribution >= 0.6 is 11.3 Å². The number of fused-ring (bicyclic) bond motifs is 1. The molecular formula is C19H16N4O5S. The molecule has 0 N–H and O–H groups in total. The lowest BCUT2D eigenvalue weighted by atomic mass is 10.0. The molecule has 1 atom stereocenters. The first-order valence-electron chi connectivity index (χ1n) is 9.04. The molecule has 2 aromatic carbocycles. The molecule has 1 aliphatic heterocycles. The molecule has 0 radical (unpaired) electrons. The molecule has 0 bridgehead atoms. The van der Waals surface area contributed by atoms with Crippen molar-refractivity contribution in [3.05, 3.63) is 73.3 Å². The van der Waals surface area contributed by atoms with Gasteiger partial charge in [-0.3, -0.25) is 25.0 Å². The van der Waals surface area contributed by atoms with Gasteiger partial charge in [0.2, 0.25) is 0 Å². The Morgan fingerprint density at radius 2 is 1.76 bits per heavy atom. The molecule has 0 spiro atoms. The van der Waals surface area contributed by atoms with Gasteiger partial charge in [-0.05, 0) is 31.4 Å². The van der Waals surface area contributed by atoms with E-state index >= 15 is 0 Å². The Bertz CT molecular complexity index is 1060. The Labute approximate surface area is 168 Å². The number of benzene rings is 2. The van der Waals surface area contributed by atoms with Gasteiger partial charge in [-0.1, -0.05) is 12.1 Å². The molecule has 0 saturated carbocycles. The Morgan fingerprint density at radius 3 is 2.41 bits per heavy atom. The van der Waals surface area contributed by atoms with E-state index < -0.39 is 27.1 Å².